The van der Waals surface area contributed by atoms with Crippen molar-refractivity contribution in [3.8, 4) is 5.69 Å². The maximum atomic E-state index is 11.0. The van der Waals surface area contributed by atoms with E-state index >= 15 is 0 Å². The van der Waals surface area contributed by atoms with Gasteiger partial charge in [0, 0.05) is 10.7 Å². The van der Waals surface area contributed by atoms with Gasteiger partial charge in [-0.25, -0.2) is 13.1 Å². The first-order valence-electron chi connectivity index (χ1n) is 4.12. The molecule has 0 aliphatic carbocycles. The molecule has 2 rings (SSSR count). The normalized spacial score (nSPS) is 11.5. The van der Waals surface area contributed by atoms with Gasteiger partial charge in [0.25, 0.3) is 9.05 Å². The van der Waals surface area contributed by atoms with Crippen LogP contribution in [0.4, 0.5) is 0 Å². The third-order valence-electron chi connectivity index (χ3n) is 1.86. The molecule has 15 heavy (non-hydrogen) atoms. The highest BCUT2D eigenvalue weighted by Gasteiger charge is 2.12. The van der Waals surface area contributed by atoms with Gasteiger partial charge in [-0.05, 0) is 12.1 Å². The molecule has 0 amide bonds. The standard InChI is InChI=1S/C9H7ClN2O2S/c10-15(13,14)9-6-11-12(7-9)8-4-2-1-3-5-8/h1-7H. The molecule has 1 aromatic carbocycles. The van der Waals surface area contributed by atoms with E-state index in [2.05, 4.69) is 5.10 Å². The molecular formula is C9H7ClN2O2S. The Morgan fingerprint density at radius 2 is 1.87 bits per heavy atom. The predicted octanol–water partition coefficient (Wildman–Crippen LogP) is 1.80. The Hall–Kier alpha value is -1.33. The molecule has 0 unspecified atom stereocenters. The van der Waals surface area contributed by atoms with Gasteiger partial charge < -0.3 is 0 Å². The van der Waals surface area contributed by atoms with E-state index in [4.69, 9.17) is 10.7 Å². The predicted molar refractivity (Wildman–Crippen MR) is 56.6 cm³/mol. The summed E-state index contributed by atoms with van der Waals surface area (Å²) in [5.41, 5.74) is 0.782. The molecular weight excluding hydrogens is 236 g/mol. The SMILES string of the molecule is O=S(=O)(Cl)c1cnn(-c2ccccc2)c1. The lowest BCUT2D eigenvalue weighted by Gasteiger charge is -1.98. The van der Waals surface area contributed by atoms with E-state index in [0.29, 0.717) is 0 Å². The summed E-state index contributed by atoms with van der Waals surface area (Å²) in [5, 5.41) is 3.91. The maximum absolute atomic E-state index is 11.0. The third-order valence-corrected chi connectivity index (χ3v) is 3.17. The van der Waals surface area contributed by atoms with Gasteiger partial charge in [0.2, 0.25) is 0 Å². The zero-order valence-electron chi connectivity index (χ0n) is 7.54. The maximum Gasteiger partial charge on any atom is 0.264 e. The summed E-state index contributed by atoms with van der Waals surface area (Å²) < 4.78 is 23.4. The van der Waals surface area contributed by atoms with Crippen LogP contribution in [0, 0.1) is 0 Å². The first-order valence-corrected chi connectivity index (χ1v) is 6.43. The van der Waals surface area contributed by atoms with Gasteiger partial charge in [0.15, 0.2) is 0 Å². The molecule has 0 N–H and O–H groups in total. The fourth-order valence-corrected chi connectivity index (χ4v) is 1.79. The number of rotatable bonds is 2. The molecule has 0 saturated carbocycles. The molecule has 4 nitrogen and oxygen atoms in total. The van der Waals surface area contributed by atoms with E-state index in [1.165, 1.54) is 17.1 Å². The molecule has 0 bridgehead atoms. The lowest BCUT2D eigenvalue weighted by atomic mass is 10.3. The quantitative estimate of drug-likeness (QED) is 0.755. The zero-order chi connectivity index (χ0) is 10.9. The van der Waals surface area contributed by atoms with Crippen molar-refractivity contribution in [1.29, 1.82) is 0 Å². The summed E-state index contributed by atoms with van der Waals surface area (Å²) in [6.45, 7) is 0. The molecule has 0 fully saturated rings. The highest BCUT2D eigenvalue weighted by molar-refractivity contribution is 8.13. The zero-order valence-corrected chi connectivity index (χ0v) is 9.11. The Morgan fingerprint density at radius 3 is 2.40 bits per heavy atom. The Balaban J connectivity index is 2.46. The number of aromatic nitrogens is 2. The van der Waals surface area contributed by atoms with Crippen molar-refractivity contribution in [3.63, 3.8) is 0 Å². The molecule has 6 heteroatoms. The third kappa shape index (κ3) is 2.19. The molecule has 0 atom stereocenters. The lowest BCUT2D eigenvalue weighted by molar-refractivity contribution is 0.609. The minimum atomic E-state index is -3.70. The average molecular weight is 243 g/mol. The minimum absolute atomic E-state index is 0.00646. The second kappa shape index (κ2) is 3.67. The highest BCUT2D eigenvalue weighted by Crippen LogP contribution is 2.15. The Bertz CT molecular complexity index is 563. The molecule has 1 heterocycles. The number of benzene rings is 1. The van der Waals surface area contributed by atoms with Crippen LogP contribution in [0.3, 0.4) is 0 Å². The van der Waals surface area contributed by atoms with Crippen LogP contribution in [0.5, 0.6) is 0 Å². The van der Waals surface area contributed by atoms with Crippen molar-refractivity contribution in [2.75, 3.05) is 0 Å². The molecule has 1 aromatic heterocycles. The molecule has 0 saturated heterocycles. The van der Waals surface area contributed by atoms with Crippen LogP contribution in [-0.4, -0.2) is 18.2 Å². The minimum Gasteiger partial charge on any atom is -0.240 e. The highest BCUT2D eigenvalue weighted by atomic mass is 35.7. The van der Waals surface area contributed by atoms with Crippen LogP contribution < -0.4 is 0 Å². The molecule has 0 radical (unpaired) electrons. The van der Waals surface area contributed by atoms with Gasteiger partial charge in [-0.1, -0.05) is 18.2 Å². The van der Waals surface area contributed by atoms with E-state index in [-0.39, 0.29) is 4.90 Å². The van der Waals surface area contributed by atoms with Crippen LogP contribution in [0.1, 0.15) is 0 Å². The molecule has 0 spiro atoms. The van der Waals surface area contributed by atoms with E-state index < -0.39 is 9.05 Å². The molecule has 0 aliphatic heterocycles. The van der Waals surface area contributed by atoms with Crippen LogP contribution in [0.15, 0.2) is 47.6 Å². The number of nitrogens with zero attached hydrogens (tertiary/aromatic N) is 2. The van der Waals surface area contributed by atoms with Crippen molar-refractivity contribution >= 4 is 19.7 Å². The van der Waals surface area contributed by atoms with E-state index in [1.54, 1.807) is 0 Å². The van der Waals surface area contributed by atoms with Crippen LogP contribution in [0.25, 0.3) is 5.69 Å². The Morgan fingerprint density at radius 1 is 1.20 bits per heavy atom. The number of para-hydroxylation sites is 1. The van der Waals surface area contributed by atoms with Crippen LogP contribution in [-0.2, 0) is 9.05 Å². The summed E-state index contributed by atoms with van der Waals surface area (Å²) in [5.74, 6) is 0. The molecule has 78 valence electrons. The fraction of sp³-hybridized carbons (Fsp3) is 0. The largest absolute Gasteiger partial charge is 0.264 e. The number of halogens is 1. The van der Waals surface area contributed by atoms with Crippen molar-refractivity contribution in [2.24, 2.45) is 0 Å². The van der Waals surface area contributed by atoms with Gasteiger partial charge in [-0.15, -0.1) is 0 Å². The van der Waals surface area contributed by atoms with Crippen molar-refractivity contribution in [3.05, 3.63) is 42.7 Å². The Labute approximate surface area is 91.5 Å². The van der Waals surface area contributed by atoms with Crippen molar-refractivity contribution < 1.29 is 8.42 Å². The van der Waals surface area contributed by atoms with Crippen LogP contribution in [0.2, 0.25) is 0 Å². The molecule has 0 aliphatic rings. The van der Waals surface area contributed by atoms with Gasteiger partial charge in [-0.2, -0.15) is 5.10 Å². The van der Waals surface area contributed by atoms with E-state index in [0.717, 1.165) is 5.69 Å². The first-order chi connectivity index (χ1) is 7.07. The fourth-order valence-electron chi connectivity index (χ4n) is 1.15. The van der Waals surface area contributed by atoms with Crippen molar-refractivity contribution in [1.82, 2.24) is 9.78 Å². The summed E-state index contributed by atoms with van der Waals surface area (Å²) in [4.78, 5) is -0.00646. The summed E-state index contributed by atoms with van der Waals surface area (Å²) in [7, 11) is 1.48. The number of hydrogen-bond donors (Lipinski definition) is 0. The summed E-state index contributed by atoms with van der Waals surface area (Å²) in [6, 6.07) is 9.18. The Kier molecular flexibility index (Phi) is 2.50. The van der Waals surface area contributed by atoms with E-state index in [1.807, 2.05) is 30.3 Å². The second-order valence-electron chi connectivity index (χ2n) is 2.89. The lowest BCUT2D eigenvalue weighted by Crippen LogP contribution is -1.93. The van der Waals surface area contributed by atoms with E-state index in [9.17, 15) is 8.42 Å². The monoisotopic (exact) mass is 242 g/mol. The van der Waals surface area contributed by atoms with Gasteiger partial charge in [0.1, 0.15) is 4.90 Å². The topological polar surface area (TPSA) is 52.0 Å². The van der Waals surface area contributed by atoms with Gasteiger partial charge >= 0.3 is 0 Å². The number of hydrogen-bond acceptors (Lipinski definition) is 3. The van der Waals surface area contributed by atoms with Crippen molar-refractivity contribution in [2.45, 2.75) is 4.90 Å². The molecule has 2 aromatic rings. The van der Waals surface area contributed by atoms with Crippen LogP contribution >= 0.6 is 10.7 Å². The first kappa shape index (κ1) is 10.2. The second-order valence-corrected chi connectivity index (χ2v) is 5.46. The summed E-state index contributed by atoms with van der Waals surface area (Å²) in [6.07, 6.45) is 2.59. The average Bonchev–Trinajstić information content (AvgIpc) is 2.67. The van der Waals surface area contributed by atoms with Gasteiger partial charge in [-0.3, -0.25) is 0 Å². The summed E-state index contributed by atoms with van der Waals surface area (Å²) >= 11 is 0. The van der Waals surface area contributed by atoms with Gasteiger partial charge in [0.05, 0.1) is 18.1 Å². The smallest absolute Gasteiger partial charge is 0.240 e.